The third-order valence-electron chi connectivity index (χ3n) is 4.11. The number of carbonyl (C=O) groups is 1. The molecule has 2 aromatic rings. The van der Waals surface area contributed by atoms with Crippen LogP contribution in [0.2, 0.25) is 0 Å². The summed E-state index contributed by atoms with van der Waals surface area (Å²) in [5, 5.41) is 0. The van der Waals surface area contributed by atoms with E-state index in [4.69, 9.17) is 4.74 Å². The molecule has 1 aliphatic heterocycles. The van der Waals surface area contributed by atoms with Gasteiger partial charge in [-0.1, -0.05) is 54.6 Å². The van der Waals surface area contributed by atoms with Gasteiger partial charge in [0, 0.05) is 26.1 Å². The van der Waals surface area contributed by atoms with Gasteiger partial charge in [-0.25, -0.2) is 0 Å². The van der Waals surface area contributed by atoms with Crippen molar-refractivity contribution >= 4 is 12.0 Å². The first-order valence-electron chi connectivity index (χ1n) is 7.89. The van der Waals surface area contributed by atoms with Crippen molar-refractivity contribution in [3.05, 3.63) is 77.4 Å². The highest BCUT2D eigenvalue weighted by Crippen LogP contribution is 2.20. The first-order chi connectivity index (χ1) is 11.2. The summed E-state index contributed by atoms with van der Waals surface area (Å²) in [6.07, 6.45) is 4.38. The fourth-order valence-corrected chi connectivity index (χ4v) is 2.78. The Kier molecular flexibility index (Phi) is 4.89. The van der Waals surface area contributed by atoms with Gasteiger partial charge < -0.3 is 9.64 Å². The third-order valence-corrected chi connectivity index (χ3v) is 4.11. The van der Waals surface area contributed by atoms with E-state index in [1.807, 2.05) is 49.5 Å². The van der Waals surface area contributed by atoms with Crippen molar-refractivity contribution < 1.29 is 9.53 Å². The molecule has 0 N–H and O–H groups in total. The lowest BCUT2D eigenvalue weighted by Crippen LogP contribution is -2.37. The average Bonchev–Trinajstić information content (AvgIpc) is 2.60. The molecule has 0 aromatic heterocycles. The highest BCUT2D eigenvalue weighted by atomic mass is 16.5. The number of likely N-dealkylation sites (N-methyl/N-ethyl adjacent to an activating group) is 1. The Labute approximate surface area is 137 Å². The zero-order valence-corrected chi connectivity index (χ0v) is 13.3. The van der Waals surface area contributed by atoms with E-state index >= 15 is 0 Å². The Morgan fingerprint density at radius 3 is 2.61 bits per heavy atom. The van der Waals surface area contributed by atoms with Crippen LogP contribution in [0.1, 0.15) is 16.7 Å². The minimum atomic E-state index is -0.00342. The molecule has 3 nitrogen and oxygen atoms in total. The van der Waals surface area contributed by atoms with Crippen molar-refractivity contribution in [3.63, 3.8) is 0 Å². The Morgan fingerprint density at radius 1 is 1.13 bits per heavy atom. The van der Waals surface area contributed by atoms with Crippen molar-refractivity contribution in [1.82, 2.24) is 4.90 Å². The average molecular weight is 307 g/mol. The molecule has 1 atom stereocenters. The normalized spacial score (nSPS) is 17.0. The van der Waals surface area contributed by atoms with Crippen LogP contribution in [0, 0.1) is 0 Å². The summed E-state index contributed by atoms with van der Waals surface area (Å²) in [6.45, 7) is 1.23. The Bertz CT molecular complexity index is 694. The summed E-state index contributed by atoms with van der Waals surface area (Å²) in [5.41, 5.74) is 3.60. The lowest BCUT2D eigenvalue weighted by atomic mass is 9.99. The van der Waals surface area contributed by atoms with Crippen LogP contribution < -0.4 is 0 Å². The molecule has 0 fully saturated rings. The topological polar surface area (TPSA) is 29.5 Å². The van der Waals surface area contributed by atoms with Crippen molar-refractivity contribution in [2.24, 2.45) is 0 Å². The minimum Gasteiger partial charge on any atom is -0.371 e. The quantitative estimate of drug-likeness (QED) is 0.811. The largest absolute Gasteiger partial charge is 0.371 e. The lowest BCUT2D eigenvalue weighted by molar-refractivity contribution is -0.126. The van der Waals surface area contributed by atoms with E-state index in [0.717, 1.165) is 12.0 Å². The zero-order chi connectivity index (χ0) is 16.1. The van der Waals surface area contributed by atoms with E-state index in [1.165, 1.54) is 11.1 Å². The molecule has 1 unspecified atom stereocenters. The number of carbonyl (C=O) groups excluding carboxylic acids is 1. The van der Waals surface area contributed by atoms with Crippen LogP contribution in [0.4, 0.5) is 0 Å². The molecule has 0 saturated heterocycles. The maximum Gasteiger partial charge on any atom is 0.246 e. The molecule has 0 aliphatic carbocycles. The number of amides is 1. The second kappa shape index (κ2) is 7.25. The smallest absolute Gasteiger partial charge is 0.246 e. The van der Waals surface area contributed by atoms with Crippen LogP contribution in [-0.2, 0) is 22.6 Å². The summed E-state index contributed by atoms with van der Waals surface area (Å²) in [5.74, 6) is -0.00342. The molecule has 1 amide bonds. The Balaban J connectivity index is 1.56. The fourth-order valence-electron chi connectivity index (χ4n) is 2.78. The van der Waals surface area contributed by atoms with Crippen LogP contribution >= 0.6 is 0 Å². The summed E-state index contributed by atoms with van der Waals surface area (Å²) in [6, 6.07) is 18.2. The lowest BCUT2D eigenvalue weighted by Gasteiger charge is -2.28. The molecular weight excluding hydrogens is 286 g/mol. The Hall–Kier alpha value is -2.39. The molecular formula is C20H21NO2. The highest BCUT2D eigenvalue weighted by molar-refractivity contribution is 5.91. The molecule has 23 heavy (non-hydrogen) atoms. The molecule has 1 aliphatic rings. The maximum atomic E-state index is 12.2. The summed E-state index contributed by atoms with van der Waals surface area (Å²) >= 11 is 0. The van der Waals surface area contributed by atoms with Gasteiger partial charge in [0.2, 0.25) is 5.91 Å². The zero-order valence-electron chi connectivity index (χ0n) is 13.3. The van der Waals surface area contributed by atoms with E-state index in [2.05, 4.69) is 18.2 Å². The van der Waals surface area contributed by atoms with Crippen molar-refractivity contribution in [2.75, 3.05) is 13.6 Å². The van der Waals surface area contributed by atoms with Gasteiger partial charge in [-0.05, 0) is 22.8 Å². The van der Waals surface area contributed by atoms with Crippen LogP contribution in [0.25, 0.3) is 6.08 Å². The maximum absolute atomic E-state index is 12.2. The predicted octanol–water partition coefficient (Wildman–Crippen LogP) is 3.30. The van der Waals surface area contributed by atoms with Crippen molar-refractivity contribution in [1.29, 1.82) is 0 Å². The van der Waals surface area contributed by atoms with Gasteiger partial charge in [-0.15, -0.1) is 0 Å². The summed E-state index contributed by atoms with van der Waals surface area (Å²) in [4.78, 5) is 13.9. The van der Waals surface area contributed by atoms with Gasteiger partial charge in [0.25, 0.3) is 0 Å². The number of hydrogen-bond acceptors (Lipinski definition) is 2. The van der Waals surface area contributed by atoms with Crippen molar-refractivity contribution in [2.45, 2.75) is 19.1 Å². The van der Waals surface area contributed by atoms with E-state index in [0.29, 0.717) is 13.2 Å². The second-order valence-corrected chi connectivity index (χ2v) is 5.87. The first kappa shape index (κ1) is 15.5. The molecule has 1 heterocycles. The van der Waals surface area contributed by atoms with Crippen molar-refractivity contribution in [3.8, 4) is 0 Å². The number of ether oxygens (including phenoxy) is 1. The number of benzene rings is 2. The van der Waals surface area contributed by atoms with Crippen LogP contribution in [0.3, 0.4) is 0 Å². The molecule has 2 aromatic carbocycles. The fraction of sp³-hybridized carbons (Fsp3) is 0.250. The van der Waals surface area contributed by atoms with Gasteiger partial charge in [-0.2, -0.15) is 0 Å². The monoisotopic (exact) mass is 307 g/mol. The number of nitrogens with zero attached hydrogens (tertiary/aromatic N) is 1. The van der Waals surface area contributed by atoms with Crippen LogP contribution in [0.5, 0.6) is 0 Å². The minimum absolute atomic E-state index is 0.00342. The summed E-state index contributed by atoms with van der Waals surface area (Å²) < 4.78 is 5.87. The van der Waals surface area contributed by atoms with Crippen LogP contribution in [-0.4, -0.2) is 30.5 Å². The number of rotatable bonds is 4. The van der Waals surface area contributed by atoms with Gasteiger partial charge >= 0.3 is 0 Å². The Morgan fingerprint density at radius 2 is 1.83 bits per heavy atom. The van der Waals surface area contributed by atoms with Crippen LogP contribution in [0.15, 0.2) is 60.7 Å². The van der Waals surface area contributed by atoms with E-state index in [9.17, 15) is 4.79 Å². The molecule has 3 heteroatoms. The van der Waals surface area contributed by atoms with Gasteiger partial charge in [-0.3, -0.25) is 4.79 Å². The highest BCUT2D eigenvalue weighted by Gasteiger charge is 2.21. The van der Waals surface area contributed by atoms with Gasteiger partial charge in [0.15, 0.2) is 0 Å². The molecule has 0 bridgehead atoms. The summed E-state index contributed by atoms with van der Waals surface area (Å²) in [7, 11) is 1.82. The first-order valence-corrected chi connectivity index (χ1v) is 7.89. The predicted molar refractivity (Wildman–Crippen MR) is 91.8 cm³/mol. The second-order valence-electron chi connectivity index (χ2n) is 5.87. The standard InChI is InChI=1S/C20H21NO2/c1-21(20(22)12-11-16-7-3-2-4-8-16)14-19-13-17-9-5-6-10-18(17)15-23-19/h2-12,19H,13-15H2,1H3/b12-11+. The molecule has 3 rings (SSSR count). The molecule has 118 valence electrons. The third kappa shape index (κ3) is 4.08. The van der Waals surface area contributed by atoms with E-state index in [-0.39, 0.29) is 12.0 Å². The van der Waals surface area contributed by atoms with E-state index < -0.39 is 0 Å². The molecule has 0 spiro atoms. The van der Waals surface area contributed by atoms with E-state index in [1.54, 1.807) is 11.0 Å². The van der Waals surface area contributed by atoms with Gasteiger partial charge in [0.1, 0.15) is 0 Å². The molecule has 0 saturated carbocycles. The molecule has 0 radical (unpaired) electrons. The number of fused-ring (bicyclic) bond motifs is 1. The van der Waals surface area contributed by atoms with Gasteiger partial charge in [0.05, 0.1) is 12.7 Å². The SMILES string of the molecule is CN(CC1Cc2ccccc2CO1)C(=O)/C=C/c1ccccc1. The number of hydrogen-bond donors (Lipinski definition) is 0.